The topological polar surface area (TPSA) is 77.0 Å². The predicted octanol–water partition coefficient (Wildman–Crippen LogP) is 0.831. The number of benzene rings is 1. The fraction of sp³-hybridized carbons (Fsp3) is 0.500. The van der Waals surface area contributed by atoms with E-state index in [0.29, 0.717) is 30.0 Å². The Morgan fingerprint density at radius 1 is 1.30 bits per heavy atom. The van der Waals surface area contributed by atoms with E-state index in [1.807, 2.05) is 0 Å². The van der Waals surface area contributed by atoms with Gasteiger partial charge in [0.1, 0.15) is 0 Å². The SMILES string of the molecule is COCC(O)CCNC(=O)c1cccc(OC)c1OC. The van der Waals surface area contributed by atoms with Crippen LogP contribution < -0.4 is 14.8 Å². The molecule has 0 radical (unpaired) electrons. The van der Waals surface area contributed by atoms with Crippen LogP contribution in [0.5, 0.6) is 11.5 Å². The maximum Gasteiger partial charge on any atom is 0.255 e. The summed E-state index contributed by atoms with van der Waals surface area (Å²) in [6, 6.07) is 5.09. The van der Waals surface area contributed by atoms with Crippen LogP contribution in [0.4, 0.5) is 0 Å². The third-order valence-electron chi connectivity index (χ3n) is 2.77. The van der Waals surface area contributed by atoms with Crippen LogP contribution >= 0.6 is 0 Å². The van der Waals surface area contributed by atoms with Gasteiger partial charge in [-0.2, -0.15) is 0 Å². The Bertz CT molecular complexity index is 436. The minimum Gasteiger partial charge on any atom is -0.493 e. The van der Waals surface area contributed by atoms with E-state index in [4.69, 9.17) is 14.2 Å². The van der Waals surface area contributed by atoms with Gasteiger partial charge in [0.05, 0.1) is 32.5 Å². The summed E-state index contributed by atoms with van der Waals surface area (Å²) in [6.45, 7) is 0.599. The van der Waals surface area contributed by atoms with E-state index in [9.17, 15) is 9.90 Å². The van der Waals surface area contributed by atoms with Crippen molar-refractivity contribution in [3.8, 4) is 11.5 Å². The zero-order valence-electron chi connectivity index (χ0n) is 12.0. The molecule has 0 aliphatic rings. The largest absolute Gasteiger partial charge is 0.493 e. The number of aliphatic hydroxyl groups is 1. The van der Waals surface area contributed by atoms with Crippen LogP contribution in [0.1, 0.15) is 16.8 Å². The van der Waals surface area contributed by atoms with Crippen molar-refractivity contribution in [3.63, 3.8) is 0 Å². The van der Waals surface area contributed by atoms with E-state index in [1.165, 1.54) is 21.3 Å². The van der Waals surface area contributed by atoms with Crippen molar-refractivity contribution >= 4 is 5.91 Å². The summed E-state index contributed by atoms with van der Waals surface area (Å²) in [7, 11) is 4.51. The Balaban J connectivity index is 2.64. The fourth-order valence-electron chi connectivity index (χ4n) is 1.79. The standard InChI is InChI=1S/C14H21NO5/c1-18-9-10(16)7-8-15-14(17)11-5-4-6-12(19-2)13(11)20-3/h4-6,10,16H,7-9H2,1-3H3,(H,15,17). The zero-order valence-corrected chi connectivity index (χ0v) is 12.0. The number of amides is 1. The number of hydrogen-bond acceptors (Lipinski definition) is 5. The lowest BCUT2D eigenvalue weighted by atomic mass is 10.1. The summed E-state index contributed by atoms with van der Waals surface area (Å²) in [5.74, 6) is 0.620. The van der Waals surface area contributed by atoms with Gasteiger partial charge < -0.3 is 24.6 Å². The van der Waals surface area contributed by atoms with Crippen molar-refractivity contribution in [3.05, 3.63) is 23.8 Å². The molecule has 0 spiro atoms. The molecule has 6 heteroatoms. The van der Waals surface area contributed by atoms with Crippen LogP contribution in [0.2, 0.25) is 0 Å². The molecular weight excluding hydrogens is 262 g/mol. The summed E-state index contributed by atoms with van der Waals surface area (Å²) in [5.41, 5.74) is 0.396. The third kappa shape index (κ3) is 4.40. The first-order valence-electron chi connectivity index (χ1n) is 6.30. The number of aliphatic hydroxyl groups excluding tert-OH is 1. The summed E-state index contributed by atoms with van der Waals surface area (Å²) in [6.07, 6.45) is -0.168. The molecule has 0 saturated heterocycles. The maximum absolute atomic E-state index is 12.1. The van der Waals surface area contributed by atoms with Gasteiger partial charge in [0.15, 0.2) is 11.5 Å². The summed E-state index contributed by atoms with van der Waals surface area (Å²) >= 11 is 0. The number of carbonyl (C=O) groups excluding carboxylic acids is 1. The number of nitrogens with one attached hydrogen (secondary N) is 1. The lowest BCUT2D eigenvalue weighted by molar-refractivity contribution is 0.0587. The van der Waals surface area contributed by atoms with E-state index in [-0.39, 0.29) is 12.5 Å². The van der Waals surface area contributed by atoms with E-state index in [2.05, 4.69) is 5.32 Å². The number of carbonyl (C=O) groups is 1. The van der Waals surface area contributed by atoms with Crippen LogP contribution in [0.25, 0.3) is 0 Å². The summed E-state index contributed by atoms with van der Waals surface area (Å²) in [5, 5.41) is 12.2. The van der Waals surface area contributed by atoms with E-state index < -0.39 is 6.10 Å². The molecule has 1 rings (SSSR count). The monoisotopic (exact) mass is 283 g/mol. The molecule has 112 valence electrons. The molecule has 0 bridgehead atoms. The highest BCUT2D eigenvalue weighted by atomic mass is 16.5. The molecule has 20 heavy (non-hydrogen) atoms. The first kappa shape index (κ1) is 16.3. The first-order chi connectivity index (χ1) is 9.63. The number of ether oxygens (including phenoxy) is 3. The Labute approximate surface area is 118 Å². The molecule has 1 atom stereocenters. The first-order valence-corrected chi connectivity index (χ1v) is 6.30. The molecule has 1 aromatic carbocycles. The van der Waals surface area contributed by atoms with Crippen LogP contribution in [-0.2, 0) is 4.74 Å². The molecule has 0 aromatic heterocycles. The number of para-hydroxylation sites is 1. The quantitative estimate of drug-likeness (QED) is 0.739. The molecule has 1 amide bonds. The van der Waals surface area contributed by atoms with E-state index in [0.717, 1.165) is 0 Å². The molecule has 6 nitrogen and oxygen atoms in total. The van der Waals surface area contributed by atoms with Gasteiger partial charge in [0, 0.05) is 13.7 Å². The number of rotatable bonds is 8. The van der Waals surface area contributed by atoms with Gasteiger partial charge >= 0.3 is 0 Å². The molecule has 1 unspecified atom stereocenters. The molecular formula is C14H21NO5. The van der Waals surface area contributed by atoms with Gasteiger partial charge in [-0.05, 0) is 18.6 Å². The Morgan fingerprint density at radius 2 is 2.05 bits per heavy atom. The highest BCUT2D eigenvalue weighted by molar-refractivity contribution is 5.97. The summed E-state index contributed by atoms with van der Waals surface area (Å²) < 4.78 is 15.2. The second-order valence-electron chi connectivity index (χ2n) is 4.19. The van der Waals surface area contributed by atoms with Gasteiger partial charge in [0.2, 0.25) is 0 Å². The number of methoxy groups -OCH3 is 3. The predicted molar refractivity (Wildman–Crippen MR) is 74.4 cm³/mol. The molecule has 0 heterocycles. The Morgan fingerprint density at radius 3 is 2.65 bits per heavy atom. The smallest absolute Gasteiger partial charge is 0.255 e. The van der Waals surface area contributed by atoms with Crippen molar-refractivity contribution in [2.45, 2.75) is 12.5 Å². The zero-order chi connectivity index (χ0) is 15.0. The van der Waals surface area contributed by atoms with E-state index >= 15 is 0 Å². The van der Waals surface area contributed by atoms with Gasteiger partial charge in [-0.15, -0.1) is 0 Å². The molecule has 0 aliphatic heterocycles. The summed E-state index contributed by atoms with van der Waals surface area (Å²) in [4.78, 5) is 12.1. The van der Waals surface area contributed by atoms with Gasteiger partial charge in [-0.1, -0.05) is 6.07 Å². The van der Waals surface area contributed by atoms with Crippen LogP contribution in [0, 0.1) is 0 Å². The van der Waals surface area contributed by atoms with Crippen molar-refractivity contribution in [1.29, 1.82) is 0 Å². The van der Waals surface area contributed by atoms with Gasteiger partial charge in [0.25, 0.3) is 5.91 Å². The van der Waals surface area contributed by atoms with Crippen molar-refractivity contribution in [2.24, 2.45) is 0 Å². The Kier molecular flexibility index (Phi) is 6.83. The molecule has 0 saturated carbocycles. The molecule has 0 aliphatic carbocycles. The van der Waals surface area contributed by atoms with Crippen LogP contribution in [0.3, 0.4) is 0 Å². The van der Waals surface area contributed by atoms with Crippen molar-refractivity contribution < 1.29 is 24.1 Å². The van der Waals surface area contributed by atoms with E-state index in [1.54, 1.807) is 18.2 Å². The molecule has 1 aromatic rings. The third-order valence-corrected chi connectivity index (χ3v) is 2.77. The average molecular weight is 283 g/mol. The van der Waals surface area contributed by atoms with Gasteiger partial charge in [-0.25, -0.2) is 0 Å². The fourth-order valence-corrected chi connectivity index (χ4v) is 1.79. The normalized spacial score (nSPS) is 11.8. The Hall–Kier alpha value is -1.79. The lowest BCUT2D eigenvalue weighted by Crippen LogP contribution is -2.28. The second-order valence-corrected chi connectivity index (χ2v) is 4.19. The molecule has 2 N–H and O–H groups in total. The lowest BCUT2D eigenvalue weighted by Gasteiger charge is -2.13. The highest BCUT2D eigenvalue weighted by Gasteiger charge is 2.16. The van der Waals surface area contributed by atoms with Crippen molar-refractivity contribution in [1.82, 2.24) is 5.32 Å². The maximum atomic E-state index is 12.1. The van der Waals surface area contributed by atoms with Crippen LogP contribution in [0.15, 0.2) is 18.2 Å². The minimum absolute atomic E-state index is 0.248. The second kappa shape index (κ2) is 8.39. The highest BCUT2D eigenvalue weighted by Crippen LogP contribution is 2.30. The van der Waals surface area contributed by atoms with Crippen LogP contribution in [-0.4, -0.2) is 51.6 Å². The van der Waals surface area contributed by atoms with Crippen molar-refractivity contribution in [2.75, 3.05) is 34.5 Å². The average Bonchev–Trinajstić information content (AvgIpc) is 2.46. The molecule has 0 fully saturated rings. The number of hydrogen-bond donors (Lipinski definition) is 2. The van der Waals surface area contributed by atoms with Gasteiger partial charge in [-0.3, -0.25) is 4.79 Å². The minimum atomic E-state index is -0.590.